The first kappa shape index (κ1) is 15.4. The van der Waals surface area contributed by atoms with Gasteiger partial charge in [0.2, 0.25) is 0 Å². The number of hydrogen-bond donors (Lipinski definition) is 1. The van der Waals surface area contributed by atoms with E-state index in [-0.39, 0.29) is 0 Å². The number of halogens is 2. The number of rotatable bonds is 6. The summed E-state index contributed by atoms with van der Waals surface area (Å²) in [4.78, 5) is 4.48. The third-order valence-electron chi connectivity index (χ3n) is 1.63. The van der Waals surface area contributed by atoms with Crippen molar-refractivity contribution in [2.75, 3.05) is 0 Å². The minimum absolute atomic E-state index is 0.950. The molecule has 0 aliphatic rings. The summed E-state index contributed by atoms with van der Waals surface area (Å²) >= 11 is 4.36. The monoisotopic (exact) mass is 432 g/mol. The van der Waals surface area contributed by atoms with Gasteiger partial charge in [0.25, 0.3) is 0 Å². The highest BCUT2D eigenvalue weighted by atomic mass is 127. The van der Waals surface area contributed by atoms with Crippen LogP contribution < -0.4 is 3.53 Å². The second-order valence-corrected chi connectivity index (χ2v) is 5.13. The zero-order chi connectivity index (χ0) is 11.7. The minimum Gasteiger partial charge on any atom is -0.313 e. The van der Waals surface area contributed by atoms with Crippen molar-refractivity contribution >= 4 is 49.2 Å². The van der Waals surface area contributed by atoms with Gasteiger partial charge in [-0.3, -0.25) is 0 Å². The fourth-order valence-corrected chi connectivity index (χ4v) is 2.16. The van der Waals surface area contributed by atoms with E-state index < -0.39 is 0 Å². The van der Waals surface area contributed by atoms with Crippen LogP contribution in [0.4, 0.5) is 0 Å². The number of allylic oxidation sites excluding steroid dienone is 3. The Bertz CT molecular complexity index is 264. The van der Waals surface area contributed by atoms with Crippen molar-refractivity contribution in [2.45, 2.75) is 40.0 Å². The van der Waals surface area contributed by atoms with Crippen LogP contribution in [0.3, 0.4) is 0 Å². The summed E-state index contributed by atoms with van der Waals surface area (Å²) in [7, 11) is 0. The highest BCUT2D eigenvalue weighted by molar-refractivity contribution is 14.1. The van der Waals surface area contributed by atoms with Gasteiger partial charge in [-0.05, 0) is 61.4 Å². The highest BCUT2D eigenvalue weighted by Gasteiger charge is 1.93. The maximum Gasteiger partial charge on any atom is 0.131 e. The molecule has 1 N–H and O–H groups in total. The third-order valence-corrected chi connectivity index (χ3v) is 2.73. The van der Waals surface area contributed by atoms with Crippen molar-refractivity contribution in [3.05, 3.63) is 23.5 Å². The van der Waals surface area contributed by atoms with Crippen LogP contribution in [0.1, 0.15) is 40.0 Å². The summed E-state index contributed by atoms with van der Waals surface area (Å²) in [5.41, 5.74) is 1.27. The lowest BCUT2D eigenvalue weighted by molar-refractivity contribution is 0.808. The largest absolute Gasteiger partial charge is 0.313 e. The first-order valence-corrected chi connectivity index (χ1v) is 7.21. The van der Waals surface area contributed by atoms with Gasteiger partial charge in [0.1, 0.15) is 9.54 Å². The zero-order valence-corrected chi connectivity index (χ0v) is 13.8. The summed E-state index contributed by atoms with van der Waals surface area (Å²) < 4.78 is 4.09. The van der Waals surface area contributed by atoms with Gasteiger partial charge >= 0.3 is 0 Å². The maximum atomic E-state index is 4.48. The van der Waals surface area contributed by atoms with Crippen LogP contribution in [0.5, 0.6) is 0 Å². The van der Waals surface area contributed by atoms with Crippen LogP contribution in [0, 0.1) is 0 Å². The Morgan fingerprint density at radius 2 is 2.07 bits per heavy atom. The summed E-state index contributed by atoms with van der Waals surface area (Å²) in [5.74, 6) is 0.950. The Balaban J connectivity index is 4.42. The van der Waals surface area contributed by atoms with Crippen molar-refractivity contribution in [2.24, 2.45) is 4.99 Å². The lowest BCUT2D eigenvalue weighted by Crippen LogP contribution is -1.97. The second-order valence-electron chi connectivity index (χ2n) is 3.48. The number of nitrogens with one attached hydrogen (secondary N) is 1. The van der Waals surface area contributed by atoms with Gasteiger partial charge in [0, 0.05) is 0 Å². The van der Waals surface area contributed by atoms with Crippen molar-refractivity contribution in [3.8, 4) is 0 Å². The molecule has 0 aromatic rings. The molecule has 2 nitrogen and oxygen atoms in total. The van der Waals surface area contributed by atoms with Crippen molar-refractivity contribution in [3.63, 3.8) is 0 Å². The fraction of sp³-hybridized carbons (Fsp3) is 0.545. The van der Waals surface area contributed by atoms with Crippen molar-refractivity contribution in [1.29, 1.82) is 0 Å². The number of aliphatic imine (C=N–C) groups is 1. The van der Waals surface area contributed by atoms with E-state index in [9.17, 15) is 0 Å². The molecule has 0 atom stereocenters. The molecular weight excluding hydrogens is 414 g/mol. The smallest absolute Gasteiger partial charge is 0.131 e. The SMILES string of the molecule is CCCC/C=C(/N=C(/I)C=C(C)C)NI. The highest BCUT2D eigenvalue weighted by Crippen LogP contribution is 2.06. The molecule has 0 amide bonds. The molecule has 0 rings (SSSR count). The molecule has 4 heteroatoms. The van der Waals surface area contributed by atoms with Gasteiger partial charge in [-0.1, -0.05) is 18.9 Å². The van der Waals surface area contributed by atoms with Crippen molar-refractivity contribution in [1.82, 2.24) is 3.53 Å². The molecule has 0 bridgehead atoms. The Hall–Kier alpha value is 0.410. The average Bonchev–Trinajstić information content (AvgIpc) is 2.15. The van der Waals surface area contributed by atoms with Crippen LogP contribution in [-0.2, 0) is 0 Å². The van der Waals surface area contributed by atoms with E-state index >= 15 is 0 Å². The summed E-state index contributed by atoms with van der Waals surface area (Å²) in [5, 5.41) is 0. The van der Waals surface area contributed by atoms with Gasteiger partial charge in [0.05, 0.1) is 22.9 Å². The van der Waals surface area contributed by atoms with E-state index in [0.717, 1.165) is 16.0 Å². The molecule has 0 fully saturated rings. The molecule has 0 radical (unpaired) electrons. The van der Waals surface area contributed by atoms with E-state index in [0.29, 0.717) is 0 Å². The van der Waals surface area contributed by atoms with Crippen LogP contribution in [0.15, 0.2) is 28.5 Å². The molecule has 0 aromatic carbocycles. The minimum atomic E-state index is 0.950. The summed E-state index contributed by atoms with van der Waals surface area (Å²) in [6, 6.07) is 0. The second kappa shape index (κ2) is 9.62. The summed E-state index contributed by atoms with van der Waals surface area (Å²) in [6.45, 7) is 6.35. The van der Waals surface area contributed by atoms with E-state index in [2.05, 4.69) is 86.9 Å². The molecule has 0 heterocycles. The molecule has 15 heavy (non-hydrogen) atoms. The molecule has 86 valence electrons. The summed E-state index contributed by atoms with van der Waals surface area (Å²) in [6.07, 6.45) is 7.75. The number of unbranched alkanes of at least 4 members (excludes halogenated alkanes) is 2. The molecule has 0 spiro atoms. The number of hydrogen-bond acceptors (Lipinski definition) is 2. The predicted molar refractivity (Wildman–Crippen MR) is 85.6 cm³/mol. The van der Waals surface area contributed by atoms with E-state index in [1.807, 2.05) is 0 Å². The van der Waals surface area contributed by atoms with Gasteiger partial charge in [0.15, 0.2) is 0 Å². The molecule has 0 aliphatic heterocycles. The lowest BCUT2D eigenvalue weighted by atomic mass is 10.2. The van der Waals surface area contributed by atoms with Crippen LogP contribution in [0.2, 0.25) is 0 Å². The van der Waals surface area contributed by atoms with Crippen LogP contribution in [-0.4, -0.2) is 3.72 Å². The predicted octanol–water partition coefficient (Wildman–Crippen LogP) is 4.76. The fourth-order valence-electron chi connectivity index (χ4n) is 0.934. The van der Waals surface area contributed by atoms with Gasteiger partial charge in [-0.25, -0.2) is 4.99 Å². The zero-order valence-electron chi connectivity index (χ0n) is 9.48. The van der Waals surface area contributed by atoms with Gasteiger partial charge < -0.3 is 3.53 Å². The maximum absolute atomic E-state index is 4.48. The van der Waals surface area contributed by atoms with Crippen molar-refractivity contribution < 1.29 is 0 Å². The van der Waals surface area contributed by atoms with E-state index in [1.54, 1.807) is 0 Å². The topological polar surface area (TPSA) is 24.4 Å². The first-order chi connectivity index (χ1) is 7.10. The quantitative estimate of drug-likeness (QED) is 0.279. The molecule has 0 saturated carbocycles. The third kappa shape index (κ3) is 9.35. The number of nitrogens with zero attached hydrogens (tertiary/aromatic N) is 1. The molecule has 0 saturated heterocycles. The molecule has 0 aromatic heterocycles. The first-order valence-electron chi connectivity index (χ1n) is 5.06. The molecule has 0 unspecified atom stereocenters. The lowest BCUT2D eigenvalue weighted by Gasteiger charge is -1.99. The molecule has 0 aliphatic carbocycles. The Morgan fingerprint density at radius 1 is 1.40 bits per heavy atom. The van der Waals surface area contributed by atoms with Gasteiger partial charge in [-0.2, -0.15) is 0 Å². The van der Waals surface area contributed by atoms with Crippen LogP contribution >= 0.6 is 45.5 Å². The Kier molecular flexibility index (Phi) is 9.89. The van der Waals surface area contributed by atoms with E-state index in [4.69, 9.17) is 0 Å². The van der Waals surface area contributed by atoms with E-state index in [1.165, 1.54) is 18.4 Å². The Morgan fingerprint density at radius 3 is 2.53 bits per heavy atom. The molecular formula is C11H18I2N2. The Labute approximate surface area is 120 Å². The van der Waals surface area contributed by atoms with Crippen LogP contribution in [0.25, 0.3) is 0 Å². The van der Waals surface area contributed by atoms with Gasteiger partial charge in [-0.15, -0.1) is 0 Å². The average molecular weight is 432 g/mol. The normalized spacial score (nSPS) is 12.6. The standard InChI is InChI=1S/C11H18I2N2/c1-4-5-6-7-11(15-13)14-10(12)8-9(2)3/h7-8,15H,4-6H2,1-3H3/b11-7-,14-10+.